The van der Waals surface area contributed by atoms with E-state index >= 15 is 0 Å². The minimum atomic E-state index is -0.189. The summed E-state index contributed by atoms with van der Waals surface area (Å²) in [5.41, 5.74) is 2.33. The lowest BCUT2D eigenvalue weighted by molar-refractivity contribution is -0.144. The Morgan fingerprint density at radius 2 is 1.89 bits per heavy atom. The zero-order valence-electron chi connectivity index (χ0n) is 17.5. The number of amides is 1. The van der Waals surface area contributed by atoms with Gasteiger partial charge in [0.2, 0.25) is 5.91 Å². The van der Waals surface area contributed by atoms with Gasteiger partial charge in [-0.3, -0.25) is 14.5 Å². The van der Waals surface area contributed by atoms with Crippen molar-refractivity contribution in [3.8, 4) is 5.75 Å². The van der Waals surface area contributed by atoms with Crippen LogP contribution in [0.25, 0.3) is 0 Å². The SMILES string of the molecule is CCOC(=O)CN1CCCN(C(=O)CCCCOc2cc(C)ccc2C)CC1. The molecular formula is C22H34N2O4. The molecule has 1 aliphatic heterocycles. The Morgan fingerprint density at radius 1 is 1.07 bits per heavy atom. The molecule has 1 aliphatic rings. The number of esters is 1. The largest absolute Gasteiger partial charge is 0.493 e. The Labute approximate surface area is 168 Å². The van der Waals surface area contributed by atoms with Gasteiger partial charge < -0.3 is 14.4 Å². The molecule has 6 heteroatoms. The molecule has 0 unspecified atom stereocenters. The number of rotatable bonds is 9. The maximum atomic E-state index is 12.5. The van der Waals surface area contributed by atoms with Crippen molar-refractivity contribution in [2.45, 2.75) is 46.5 Å². The maximum absolute atomic E-state index is 12.5. The van der Waals surface area contributed by atoms with Crippen LogP contribution in [0.1, 0.15) is 43.7 Å². The highest BCUT2D eigenvalue weighted by Gasteiger charge is 2.20. The summed E-state index contributed by atoms with van der Waals surface area (Å²) in [5.74, 6) is 0.941. The van der Waals surface area contributed by atoms with Gasteiger partial charge in [0, 0.05) is 32.6 Å². The molecule has 0 atom stereocenters. The summed E-state index contributed by atoms with van der Waals surface area (Å²) in [5, 5.41) is 0. The monoisotopic (exact) mass is 390 g/mol. The fourth-order valence-corrected chi connectivity index (χ4v) is 3.35. The summed E-state index contributed by atoms with van der Waals surface area (Å²) in [6.07, 6.45) is 3.13. The van der Waals surface area contributed by atoms with E-state index in [1.807, 2.05) is 18.7 Å². The van der Waals surface area contributed by atoms with E-state index in [1.54, 1.807) is 0 Å². The van der Waals surface area contributed by atoms with E-state index in [2.05, 4.69) is 30.0 Å². The first-order valence-corrected chi connectivity index (χ1v) is 10.4. The first-order valence-electron chi connectivity index (χ1n) is 10.4. The molecule has 1 aromatic carbocycles. The van der Waals surface area contributed by atoms with Crippen molar-refractivity contribution in [1.29, 1.82) is 0 Å². The Hall–Kier alpha value is -2.08. The lowest BCUT2D eigenvalue weighted by atomic mass is 10.1. The van der Waals surface area contributed by atoms with Crippen LogP contribution in [-0.2, 0) is 14.3 Å². The Kier molecular flexibility index (Phi) is 9.28. The van der Waals surface area contributed by atoms with Gasteiger partial charge in [-0.05, 0) is 57.2 Å². The Balaban J connectivity index is 1.64. The highest BCUT2D eigenvalue weighted by atomic mass is 16.5. The molecule has 1 amide bonds. The number of hydrogen-bond acceptors (Lipinski definition) is 5. The van der Waals surface area contributed by atoms with Gasteiger partial charge >= 0.3 is 5.97 Å². The molecule has 6 nitrogen and oxygen atoms in total. The van der Waals surface area contributed by atoms with Crippen LogP contribution in [0, 0.1) is 13.8 Å². The van der Waals surface area contributed by atoms with Crippen molar-refractivity contribution >= 4 is 11.9 Å². The van der Waals surface area contributed by atoms with Gasteiger partial charge in [0.1, 0.15) is 5.75 Å². The van der Waals surface area contributed by atoms with Crippen molar-refractivity contribution in [3.63, 3.8) is 0 Å². The number of unbranched alkanes of at least 4 members (excludes halogenated alkanes) is 1. The third kappa shape index (κ3) is 7.50. The van der Waals surface area contributed by atoms with Crippen molar-refractivity contribution < 1.29 is 19.1 Å². The van der Waals surface area contributed by atoms with E-state index in [-0.39, 0.29) is 11.9 Å². The van der Waals surface area contributed by atoms with Crippen LogP contribution < -0.4 is 4.74 Å². The van der Waals surface area contributed by atoms with Gasteiger partial charge in [0.25, 0.3) is 0 Å². The van der Waals surface area contributed by atoms with Gasteiger partial charge in [-0.1, -0.05) is 12.1 Å². The second-order valence-corrected chi connectivity index (χ2v) is 7.39. The predicted octanol–water partition coefficient (Wildman–Crippen LogP) is 2.95. The Bertz CT molecular complexity index is 647. The standard InChI is InChI=1S/C22H34N2O4/c1-4-27-22(26)17-23-11-7-12-24(14-13-23)21(25)8-5-6-15-28-20-16-18(2)9-10-19(20)3/h9-10,16H,4-8,11-15,17H2,1-3H3. The van der Waals surface area contributed by atoms with Crippen molar-refractivity contribution in [2.24, 2.45) is 0 Å². The van der Waals surface area contributed by atoms with Gasteiger partial charge in [-0.2, -0.15) is 0 Å². The van der Waals surface area contributed by atoms with Crippen molar-refractivity contribution in [2.75, 3.05) is 45.9 Å². The fraction of sp³-hybridized carbons (Fsp3) is 0.636. The lowest BCUT2D eigenvalue weighted by Gasteiger charge is -2.21. The number of benzene rings is 1. The molecule has 1 saturated heterocycles. The molecular weight excluding hydrogens is 356 g/mol. The minimum absolute atomic E-state index is 0.189. The fourth-order valence-electron chi connectivity index (χ4n) is 3.35. The third-order valence-corrected chi connectivity index (χ3v) is 4.99. The summed E-state index contributed by atoms with van der Waals surface area (Å²) in [4.78, 5) is 28.1. The average Bonchev–Trinajstić information content (AvgIpc) is 2.90. The van der Waals surface area contributed by atoms with Gasteiger partial charge in [-0.15, -0.1) is 0 Å². The minimum Gasteiger partial charge on any atom is -0.493 e. The number of hydrogen-bond donors (Lipinski definition) is 0. The molecule has 0 aromatic heterocycles. The molecule has 0 radical (unpaired) electrons. The quantitative estimate of drug-likeness (QED) is 0.479. The zero-order chi connectivity index (χ0) is 20.4. The summed E-state index contributed by atoms with van der Waals surface area (Å²) >= 11 is 0. The van der Waals surface area contributed by atoms with Crippen LogP contribution in [0.3, 0.4) is 0 Å². The molecule has 1 fully saturated rings. The predicted molar refractivity (Wildman–Crippen MR) is 110 cm³/mol. The van der Waals surface area contributed by atoms with Gasteiger partial charge in [0.05, 0.1) is 19.8 Å². The van der Waals surface area contributed by atoms with Crippen molar-refractivity contribution in [1.82, 2.24) is 9.80 Å². The molecule has 0 saturated carbocycles. The summed E-state index contributed by atoms with van der Waals surface area (Å²) in [7, 11) is 0. The van der Waals surface area contributed by atoms with Crippen LogP contribution in [0.4, 0.5) is 0 Å². The molecule has 0 bridgehead atoms. The summed E-state index contributed by atoms with van der Waals surface area (Å²) < 4.78 is 10.9. The second kappa shape index (κ2) is 11.7. The topological polar surface area (TPSA) is 59.1 Å². The number of aryl methyl sites for hydroxylation is 2. The number of ether oxygens (including phenoxy) is 2. The smallest absolute Gasteiger partial charge is 0.320 e. The molecule has 0 N–H and O–H groups in total. The van der Waals surface area contributed by atoms with E-state index in [9.17, 15) is 9.59 Å². The zero-order valence-corrected chi connectivity index (χ0v) is 17.5. The Morgan fingerprint density at radius 3 is 2.68 bits per heavy atom. The number of carbonyl (C=O) groups is 2. The first-order chi connectivity index (χ1) is 13.5. The highest BCUT2D eigenvalue weighted by molar-refractivity contribution is 5.76. The number of carbonyl (C=O) groups excluding carboxylic acids is 2. The average molecular weight is 391 g/mol. The van der Waals surface area contributed by atoms with Crippen LogP contribution >= 0.6 is 0 Å². The summed E-state index contributed by atoms with van der Waals surface area (Å²) in [6.45, 7) is 10.2. The summed E-state index contributed by atoms with van der Waals surface area (Å²) in [6, 6.07) is 6.20. The molecule has 156 valence electrons. The normalized spacial score (nSPS) is 15.2. The molecule has 0 spiro atoms. The van der Waals surface area contributed by atoms with Crippen molar-refractivity contribution in [3.05, 3.63) is 29.3 Å². The van der Waals surface area contributed by atoms with Gasteiger partial charge in [-0.25, -0.2) is 0 Å². The molecule has 0 aliphatic carbocycles. The van der Waals surface area contributed by atoms with E-state index in [0.717, 1.165) is 50.2 Å². The number of nitrogens with zero attached hydrogens (tertiary/aromatic N) is 2. The van der Waals surface area contributed by atoms with E-state index in [0.29, 0.717) is 32.7 Å². The molecule has 2 rings (SSSR count). The van der Waals surface area contributed by atoms with E-state index in [1.165, 1.54) is 5.56 Å². The van der Waals surface area contributed by atoms with Crippen LogP contribution in [0.2, 0.25) is 0 Å². The molecule has 1 aromatic rings. The second-order valence-electron chi connectivity index (χ2n) is 7.39. The van der Waals surface area contributed by atoms with E-state index in [4.69, 9.17) is 9.47 Å². The molecule has 1 heterocycles. The van der Waals surface area contributed by atoms with Gasteiger partial charge in [0.15, 0.2) is 0 Å². The highest BCUT2D eigenvalue weighted by Crippen LogP contribution is 2.19. The molecule has 28 heavy (non-hydrogen) atoms. The van der Waals surface area contributed by atoms with Crippen LogP contribution in [0.5, 0.6) is 5.75 Å². The first kappa shape index (κ1) is 22.2. The van der Waals surface area contributed by atoms with Crippen LogP contribution in [-0.4, -0.2) is 67.6 Å². The maximum Gasteiger partial charge on any atom is 0.320 e. The van der Waals surface area contributed by atoms with Crippen LogP contribution in [0.15, 0.2) is 18.2 Å². The third-order valence-electron chi connectivity index (χ3n) is 4.99. The lowest BCUT2D eigenvalue weighted by Crippen LogP contribution is -2.37. The van der Waals surface area contributed by atoms with E-state index < -0.39 is 0 Å².